The second-order valence-corrected chi connectivity index (χ2v) is 5.50. The molecule has 1 amide bonds. The third-order valence-corrected chi connectivity index (χ3v) is 4.10. The molecule has 0 heterocycles. The molecule has 0 spiro atoms. The summed E-state index contributed by atoms with van der Waals surface area (Å²) in [6.07, 6.45) is 0. The van der Waals surface area contributed by atoms with Crippen LogP contribution in [0.15, 0.2) is 53.4 Å². The molecule has 2 aromatic rings. The van der Waals surface area contributed by atoms with E-state index in [1.807, 2.05) is 36.4 Å². The normalized spacial score (nSPS) is 10.2. The first kappa shape index (κ1) is 15.3. The van der Waals surface area contributed by atoms with Gasteiger partial charge in [-0.25, -0.2) is 0 Å². The fourth-order valence-corrected chi connectivity index (χ4v) is 2.76. The van der Waals surface area contributed by atoms with Gasteiger partial charge in [-0.1, -0.05) is 18.2 Å². The summed E-state index contributed by atoms with van der Waals surface area (Å²) < 4.78 is 5.28. The Kier molecular flexibility index (Phi) is 5.11. The summed E-state index contributed by atoms with van der Waals surface area (Å²) in [5.41, 5.74) is 7.24. The summed E-state index contributed by atoms with van der Waals surface area (Å²) in [7, 11) is 3.37. The maximum Gasteiger partial charge on any atom is 0.237 e. The lowest BCUT2D eigenvalue weighted by Crippen LogP contribution is -2.27. The van der Waals surface area contributed by atoms with Crippen molar-refractivity contribution in [2.75, 3.05) is 30.5 Å². The molecule has 0 saturated carbocycles. The maximum atomic E-state index is 12.2. The van der Waals surface area contributed by atoms with Crippen LogP contribution in [-0.2, 0) is 4.79 Å². The lowest BCUT2D eigenvalue weighted by Gasteiger charge is -2.17. The average Bonchev–Trinajstić information content (AvgIpc) is 2.53. The van der Waals surface area contributed by atoms with Crippen molar-refractivity contribution in [3.63, 3.8) is 0 Å². The van der Waals surface area contributed by atoms with E-state index in [2.05, 4.69) is 0 Å². The van der Waals surface area contributed by atoms with E-state index in [0.29, 0.717) is 17.2 Å². The number of anilines is 2. The Morgan fingerprint density at radius 1 is 1.24 bits per heavy atom. The van der Waals surface area contributed by atoms with Crippen LogP contribution in [0.25, 0.3) is 0 Å². The smallest absolute Gasteiger partial charge is 0.237 e. The number of rotatable bonds is 5. The molecule has 2 rings (SSSR count). The molecule has 110 valence electrons. The fourth-order valence-electron chi connectivity index (χ4n) is 1.84. The number of carbonyl (C=O) groups excluding carboxylic acids is 1. The molecule has 0 aliphatic carbocycles. The third kappa shape index (κ3) is 3.92. The molecule has 0 radical (unpaired) electrons. The first-order valence-corrected chi connectivity index (χ1v) is 7.48. The summed E-state index contributed by atoms with van der Waals surface area (Å²) in [6.45, 7) is 0. The topological polar surface area (TPSA) is 55.6 Å². The number of carbonyl (C=O) groups is 1. The lowest BCUT2D eigenvalue weighted by atomic mass is 10.3. The average molecular weight is 302 g/mol. The van der Waals surface area contributed by atoms with Crippen molar-refractivity contribution in [2.24, 2.45) is 0 Å². The molecule has 0 aromatic heterocycles. The van der Waals surface area contributed by atoms with E-state index in [4.69, 9.17) is 10.5 Å². The van der Waals surface area contributed by atoms with Gasteiger partial charge in [0.05, 0.1) is 12.9 Å². The van der Waals surface area contributed by atoms with Crippen LogP contribution in [0.2, 0.25) is 0 Å². The second kappa shape index (κ2) is 7.04. The molecule has 5 heteroatoms. The van der Waals surface area contributed by atoms with Crippen molar-refractivity contribution in [2.45, 2.75) is 4.90 Å². The Balaban J connectivity index is 2.01. The molecule has 2 N–H and O–H groups in total. The Bertz CT molecular complexity index is 617. The minimum absolute atomic E-state index is 0.0325. The minimum Gasteiger partial charge on any atom is -0.496 e. The summed E-state index contributed by atoms with van der Waals surface area (Å²) >= 11 is 1.44. The molecule has 0 unspecified atom stereocenters. The molecule has 4 nitrogen and oxygen atoms in total. The van der Waals surface area contributed by atoms with Gasteiger partial charge in [-0.15, -0.1) is 11.8 Å². The Morgan fingerprint density at radius 2 is 1.95 bits per heavy atom. The lowest BCUT2D eigenvalue weighted by molar-refractivity contribution is -0.115. The van der Waals surface area contributed by atoms with Crippen LogP contribution >= 0.6 is 11.8 Å². The zero-order valence-electron chi connectivity index (χ0n) is 12.1. The van der Waals surface area contributed by atoms with Crippen LogP contribution in [0, 0.1) is 0 Å². The highest BCUT2D eigenvalue weighted by Crippen LogP contribution is 2.31. The maximum absolute atomic E-state index is 12.2. The van der Waals surface area contributed by atoms with Crippen LogP contribution in [0.4, 0.5) is 11.4 Å². The van der Waals surface area contributed by atoms with Gasteiger partial charge in [0.2, 0.25) is 5.91 Å². The van der Waals surface area contributed by atoms with Gasteiger partial charge in [-0.3, -0.25) is 4.79 Å². The van der Waals surface area contributed by atoms with Crippen molar-refractivity contribution in [3.8, 4) is 5.75 Å². The third-order valence-electron chi connectivity index (χ3n) is 3.06. The molecule has 0 aliphatic rings. The molecule has 0 fully saturated rings. The molecule has 0 aliphatic heterocycles. The largest absolute Gasteiger partial charge is 0.496 e. The van der Waals surface area contributed by atoms with E-state index in [1.54, 1.807) is 31.2 Å². The summed E-state index contributed by atoms with van der Waals surface area (Å²) in [4.78, 5) is 14.8. The number of amides is 1. The molecule has 0 atom stereocenters. The number of hydrogen-bond donors (Lipinski definition) is 1. The second-order valence-electron chi connectivity index (χ2n) is 4.49. The number of hydrogen-bond acceptors (Lipinski definition) is 4. The molecule has 0 saturated heterocycles. The summed E-state index contributed by atoms with van der Waals surface area (Å²) in [5.74, 6) is 1.06. The van der Waals surface area contributed by atoms with Gasteiger partial charge >= 0.3 is 0 Å². The predicted molar refractivity (Wildman–Crippen MR) is 88.0 cm³/mol. The Hall–Kier alpha value is -2.14. The highest BCUT2D eigenvalue weighted by atomic mass is 32.2. The summed E-state index contributed by atoms with van der Waals surface area (Å²) in [6, 6.07) is 15.0. The number of nitrogens with two attached hydrogens (primary N) is 1. The Morgan fingerprint density at radius 3 is 2.62 bits per heavy atom. The van der Waals surface area contributed by atoms with Gasteiger partial charge in [0.1, 0.15) is 5.75 Å². The number of ether oxygens (including phenoxy) is 1. The van der Waals surface area contributed by atoms with E-state index in [0.717, 1.165) is 10.6 Å². The predicted octanol–water partition coefficient (Wildman–Crippen LogP) is 3.03. The quantitative estimate of drug-likeness (QED) is 0.681. The van der Waals surface area contributed by atoms with Gasteiger partial charge in [0.15, 0.2) is 0 Å². The van der Waals surface area contributed by atoms with Crippen LogP contribution in [0.5, 0.6) is 5.75 Å². The van der Waals surface area contributed by atoms with Gasteiger partial charge in [-0.05, 0) is 24.3 Å². The van der Waals surface area contributed by atoms with E-state index in [9.17, 15) is 4.79 Å². The van der Waals surface area contributed by atoms with E-state index in [1.165, 1.54) is 11.8 Å². The van der Waals surface area contributed by atoms with Crippen molar-refractivity contribution in [1.29, 1.82) is 0 Å². The van der Waals surface area contributed by atoms with Crippen molar-refractivity contribution in [3.05, 3.63) is 48.5 Å². The highest BCUT2D eigenvalue weighted by Gasteiger charge is 2.12. The SMILES string of the molecule is COc1cc(N)ccc1SCC(=O)N(C)c1ccccc1. The fraction of sp³-hybridized carbons (Fsp3) is 0.188. The standard InChI is InChI=1S/C16H18N2O2S/c1-18(13-6-4-3-5-7-13)16(19)11-21-15-9-8-12(17)10-14(15)20-2/h3-10H,11,17H2,1-2H3. The van der Waals surface area contributed by atoms with Crippen LogP contribution in [-0.4, -0.2) is 25.8 Å². The first-order chi connectivity index (χ1) is 10.1. The highest BCUT2D eigenvalue weighted by molar-refractivity contribution is 8.00. The Labute approximate surface area is 128 Å². The van der Waals surface area contributed by atoms with Crippen molar-refractivity contribution >= 4 is 29.0 Å². The molecule has 2 aromatic carbocycles. The zero-order chi connectivity index (χ0) is 15.2. The number of para-hydroxylation sites is 1. The van der Waals surface area contributed by atoms with Crippen LogP contribution < -0.4 is 15.4 Å². The van der Waals surface area contributed by atoms with Gasteiger partial charge < -0.3 is 15.4 Å². The van der Waals surface area contributed by atoms with Gasteiger partial charge in [-0.2, -0.15) is 0 Å². The van der Waals surface area contributed by atoms with E-state index < -0.39 is 0 Å². The zero-order valence-corrected chi connectivity index (χ0v) is 12.9. The molecule has 0 bridgehead atoms. The molecular weight excluding hydrogens is 284 g/mol. The molecular formula is C16H18N2O2S. The minimum atomic E-state index is 0.0325. The van der Waals surface area contributed by atoms with E-state index in [-0.39, 0.29) is 5.91 Å². The van der Waals surface area contributed by atoms with Crippen molar-refractivity contribution in [1.82, 2.24) is 0 Å². The van der Waals surface area contributed by atoms with Gasteiger partial charge in [0.25, 0.3) is 0 Å². The number of nitrogens with zero attached hydrogens (tertiary/aromatic N) is 1. The molecule has 21 heavy (non-hydrogen) atoms. The number of nitrogen functional groups attached to an aromatic ring is 1. The van der Waals surface area contributed by atoms with Gasteiger partial charge in [0, 0.05) is 29.4 Å². The number of methoxy groups -OCH3 is 1. The van der Waals surface area contributed by atoms with Crippen LogP contribution in [0.3, 0.4) is 0 Å². The number of thioether (sulfide) groups is 1. The van der Waals surface area contributed by atoms with Crippen molar-refractivity contribution < 1.29 is 9.53 Å². The number of benzene rings is 2. The monoisotopic (exact) mass is 302 g/mol. The van der Waals surface area contributed by atoms with Crippen LogP contribution in [0.1, 0.15) is 0 Å². The van der Waals surface area contributed by atoms with E-state index >= 15 is 0 Å². The first-order valence-electron chi connectivity index (χ1n) is 6.49. The summed E-state index contributed by atoms with van der Waals surface area (Å²) in [5, 5.41) is 0.